The molecular formula is C9H7F2NO4. The largest absolute Gasteiger partial charge is 0.478 e. The third kappa shape index (κ3) is 2.66. The van der Waals surface area contributed by atoms with Gasteiger partial charge in [-0.2, -0.15) is 0 Å². The maximum absolute atomic E-state index is 13.1. The fourth-order valence-corrected chi connectivity index (χ4v) is 0.965. The molecule has 0 fully saturated rings. The van der Waals surface area contributed by atoms with Gasteiger partial charge in [0.2, 0.25) is 0 Å². The van der Waals surface area contributed by atoms with Gasteiger partial charge in [0.15, 0.2) is 24.0 Å². The fourth-order valence-electron chi connectivity index (χ4n) is 0.965. The van der Waals surface area contributed by atoms with E-state index in [4.69, 9.17) is 10.8 Å². The number of rotatable bonds is 4. The van der Waals surface area contributed by atoms with E-state index in [1.807, 2.05) is 0 Å². The van der Waals surface area contributed by atoms with Gasteiger partial charge < -0.3 is 15.6 Å². The number of nitrogens with two attached hydrogens (primary N) is 1. The number of primary amides is 1. The molecule has 0 heterocycles. The summed E-state index contributed by atoms with van der Waals surface area (Å²) in [6, 6.07) is 1.17. The number of carboxylic acids is 1. The highest BCUT2D eigenvalue weighted by molar-refractivity contribution is 5.87. The van der Waals surface area contributed by atoms with E-state index in [-0.39, 0.29) is 0 Å². The molecule has 86 valence electrons. The number of carboxylic acid groups (broad SMARTS) is 1. The molecule has 0 bridgehead atoms. The van der Waals surface area contributed by atoms with Crippen LogP contribution in [0.4, 0.5) is 8.78 Å². The summed E-state index contributed by atoms with van der Waals surface area (Å²) in [7, 11) is 0. The van der Waals surface area contributed by atoms with Crippen molar-refractivity contribution in [2.45, 2.75) is 0 Å². The molecule has 1 amide bonds. The minimum atomic E-state index is -1.47. The monoisotopic (exact) mass is 231 g/mol. The molecule has 0 atom stereocenters. The van der Waals surface area contributed by atoms with Crippen molar-refractivity contribution in [3.8, 4) is 5.75 Å². The van der Waals surface area contributed by atoms with Crippen LogP contribution in [0.5, 0.6) is 5.75 Å². The normalized spacial score (nSPS) is 9.88. The van der Waals surface area contributed by atoms with Crippen molar-refractivity contribution >= 4 is 11.9 Å². The lowest BCUT2D eigenvalue weighted by molar-refractivity contribution is -0.120. The van der Waals surface area contributed by atoms with E-state index in [2.05, 4.69) is 4.74 Å². The number of hydrogen-bond donors (Lipinski definition) is 2. The van der Waals surface area contributed by atoms with Crippen molar-refractivity contribution in [1.29, 1.82) is 0 Å². The van der Waals surface area contributed by atoms with Gasteiger partial charge in [-0.1, -0.05) is 0 Å². The average molecular weight is 231 g/mol. The van der Waals surface area contributed by atoms with Crippen LogP contribution in [-0.4, -0.2) is 23.6 Å². The number of benzene rings is 1. The van der Waals surface area contributed by atoms with Crippen molar-refractivity contribution in [3.63, 3.8) is 0 Å². The van der Waals surface area contributed by atoms with Crippen LogP contribution in [0.15, 0.2) is 12.1 Å². The maximum Gasteiger partial charge on any atom is 0.335 e. The number of ether oxygens (including phenoxy) is 1. The summed E-state index contributed by atoms with van der Waals surface area (Å²) >= 11 is 0. The molecule has 0 radical (unpaired) electrons. The van der Waals surface area contributed by atoms with Gasteiger partial charge in [0.1, 0.15) is 0 Å². The number of carbonyl (C=O) groups is 2. The van der Waals surface area contributed by atoms with Gasteiger partial charge in [-0.15, -0.1) is 0 Å². The number of halogens is 2. The van der Waals surface area contributed by atoms with E-state index in [0.29, 0.717) is 12.1 Å². The standard InChI is InChI=1S/C9H7F2NO4/c10-5-1-4(9(14)15)2-6(11)8(5)16-3-7(12)13/h1-2H,3H2,(H2,12,13)(H,14,15). The van der Waals surface area contributed by atoms with Crippen LogP contribution in [0.3, 0.4) is 0 Å². The summed E-state index contributed by atoms with van der Waals surface area (Å²) in [5.74, 6) is -5.62. The van der Waals surface area contributed by atoms with Crippen LogP contribution in [0.2, 0.25) is 0 Å². The first-order valence-electron chi connectivity index (χ1n) is 4.05. The average Bonchev–Trinajstić information content (AvgIpc) is 2.15. The van der Waals surface area contributed by atoms with E-state index in [0.717, 1.165) is 0 Å². The topological polar surface area (TPSA) is 89.6 Å². The molecule has 0 aliphatic heterocycles. The molecule has 16 heavy (non-hydrogen) atoms. The summed E-state index contributed by atoms with van der Waals surface area (Å²) in [5, 5.41) is 8.49. The quantitative estimate of drug-likeness (QED) is 0.790. The number of amides is 1. The maximum atomic E-state index is 13.1. The van der Waals surface area contributed by atoms with Gasteiger partial charge in [0.05, 0.1) is 5.56 Å². The van der Waals surface area contributed by atoms with Gasteiger partial charge in [-0.25, -0.2) is 13.6 Å². The Morgan fingerprint density at radius 3 is 2.19 bits per heavy atom. The van der Waals surface area contributed by atoms with Crippen LogP contribution in [-0.2, 0) is 4.79 Å². The molecule has 7 heteroatoms. The van der Waals surface area contributed by atoms with Crippen molar-refractivity contribution in [1.82, 2.24) is 0 Å². The molecule has 0 spiro atoms. The zero-order valence-electron chi connectivity index (χ0n) is 7.87. The molecular weight excluding hydrogens is 224 g/mol. The van der Waals surface area contributed by atoms with E-state index in [9.17, 15) is 18.4 Å². The Hall–Kier alpha value is -2.18. The molecule has 0 aliphatic rings. The molecule has 0 aliphatic carbocycles. The van der Waals surface area contributed by atoms with Gasteiger partial charge >= 0.3 is 5.97 Å². The van der Waals surface area contributed by atoms with Crippen LogP contribution in [0.1, 0.15) is 10.4 Å². The molecule has 3 N–H and O–H groups in total. The predicted molar refractivity (Wildman–Crippen MR) is 48.0 cm³/mol. The lowest BCUT2D eigenvalue weighted by Crippen LogP contribution is -2.21. The Kier molecular flexibility index (Phi) is 3.39. The van der Waals surface area contributed by atoms with Gasteiger partial charge in [-0.3, -0.25) is 4.79 Å². The zero-order chi connectivity index (χ0) is 12.3. The number of carbonyl (C=O) groups excluding carboxylic acids is 1. The summed E-state index contributed by atoms with van der Waals surface area (Å²) in [6.45, 7) is -0.694. The second-order valence-corrected chi connectivity index (χ2v) is 2.83. The van der Waals surface area contributed by atoms with Crippen molar-refractivity contribution in [2.24, 2.45) is 5.73 Å². The first-order chi connectivity index (χ1) is 7.41. The van der Waals surface area contributed by atoms with E-state index >= 15 is 0 Å². The highest BCUT2D eigenvalue weighted by atomic mass is 19.1. The van der Waals surface area contributed by atoms with Crippen LogP contribution >= 0.6 is 0 Å². The van der Waals surface area contributed by atoms with E-state index < -0.39 is 41.4 Å². The van der Waals surface area contributed by atoms with Crippen LogP contribution in [0, 0.1) is 11.6 Å². The predicted octanol–water partition coefficient (Wildman–Crippen LogP) is 0.527. The highest BCUT2D eigenvalue weighted by Crippen LogP contribution is 2.23. The Balaban J connectivity index is 3.03. The minimum Gasteiger partial charge on any atom is -0.478 e. The molecule has 1 aromatic carbocycles. The van der Waals surface area contributed by atoms with E-state index in [1.165, 1.54) is 0 Å². The van der Waals surface area contributed by atoms with Gasteiger partial charge in [0.25, 0.3) is 5.91 Å². The highest BCUT2D eigenvalue weighted by Gasteiger charge is 2.16. The minimum absolute atomic E-state index is 0.554. The molecule has 0 saturated carbocycles. The molecule has 0 unspecified atom stereocenters. The van der Waals surface area contributed by atoms with Crippen molar-refractivity contribution in [2.75, 3.05) is 6.61 Å². The molecule has 5 nitrogen and oxygen atoms in total. The molecule has 0 saturated heterocycles. The molecule has 0 aromatic heterocycles. The van der Waals surface area contributed by atoms with Crippen molar-refractivity contribution < 1.29 is 28.2 Å². The summed E-state index contributed by atoms with van der Waals surface area (Å²) in [4.78, 5) is 20.8. The smallest absolute Gasteiger partial charge is 0.335 e. The lowest BCUT2D eigenvalue weighted by Gasteiger charge is -2.06. The van der Waals surface area contributed by atoms with Gasteiger partial charge in [0, 0.05) is 0 Å². The SMILES string of the molecule is NC(=O)COc1c(F)cc(C(=O)O)cc1F. The second-order valence-electron chi connectivity index (χ2n) is 2.83. The van der Waals surface area contributed by atoms with Gasteiger partial charge in [-0.05, 0) is 12.1 Å². The summed E-state index contributed by atoms with van der Waals surface area (Å²) < 4.78 is 30.7. The van der Waals surface area contributed by atoms with E-state index in [1.54, 1.807) is 0 Å². The lowest BCUT2D eigenvalue weighted by atomic mass is 10.2. The first-order valence-corrected chi connectivity index (χ1v) is 4.05. The van der Waals surface area contributed by atoms with Crippen LogP contribution in [0.25, 0.3) is 0 Å². The summed E-state index contributed by atoms with van der Waals surface area (Å²) in [5.41, 5.74) is 4.16. The third-order valence-corrected chi connectivity index (χ3v) is 1.60. The Morgan fingerprint density at radius 2 is 1.81 bits per heavy atom. The molecule has 1 rings (SSSR count). The fraction of sp³-hybridized carbons (Fsp3) is 0.111. The first kappa shape index (κ1) is 11.9. The Bertz CT molecular complexity index is 424. The number of aromatic carboxylic acids is 1. The number of hydrogen-bond acceptors (Lipinski definition) is 3. The Labute approximate surface area is 88.4 Å². The summed E-state index contributed by atoms with van der Waals surface area (Å²) in [6.07, 6.45) is 0. The second kappa shape index (κ2) is 4.56. The third-order valence-electron chi connectivity index (χ3n) is 1.60. The van der Waals surface area contributed by atoms with Crippen molar-refractivity contribution in [3.05, 3.63) is 29.3 Å². The zero-order valence-corrected chi connectivity index (χ0v) is 7.87. The Morgan fingerprint density at radius 1 is 1.31 bits per heavy atom. The molecule has 1 aromatic rings. The van der Waals surface area contributed by atoms with Crippen LogP contribution < -0.4 is 10.5 Å².